The Morgan fingerprint density at radius 2 is 1.75 bits per heavy atom. The number of nitrogens with zero attached hydrogens (tertiary/aromatic N) is 1. The molecule has 0 atom stereocenters. The molecule has 1 nitrogen and oxygen atoms in total. The van der Waals surface area contributed by atoms with Crippen LogP contribution in [0.25, 0.3) is 0 Å². The van der Waals surface area contributed by atoms with Crippen molar-refractivity contribution in [1.82, 2.24) is 4.48 Å². The maximum absolute atomic E-state index is 5.72. The van der Waals surface area contributed by atoms with Crippen LogP contribution in [0.5, 0.6) is 0 Å². The van der Waals surface area contributed by atoms with Gasteiger partial charge in [-0.2, -0.15) is 0 Å². The van der Waals surface area contributed by atoms with Crippen LogP contribution in [0.4, 0.5) is 5.69 Å². The van der Waals surface area contributed by atoms with Crippen molar-refractivity contribution < 1.29 is 0 Å². The van der Waals surface area contributed by atoms with Crippen LogP contribution in [0.15, 0.2) is 30.3 Å². The first kappa shape index (κ1) is 9.56. The predicted octanol–water partition coefficient (Wildman–Crippen LogP) is 2.49. The topological polar surface area (TPSA) is 0 Å². The Morgan fingerprint density at radius 3 is 2.25 bits per heavy atom. The molecule has 12 heavy (non-hydrogen) atoms. The average Bonchev–Trinajstić information content (AvgIpc) is 2.06. The van der Waals surface area contributed by atoms with Crippen molar-refractivity contribution in [3.8, 4) is 0 Å². The minimum absolute atomic E-state index is 0.696. The molecule has 0 spiro atoms. The zero-order valence-corrected chi connectivity index (χ0v) is 8.38. The highest BCUT2D eigenvalue weighted by Crippen LogP contribution is 2.17. The van der Waals surface area contributed by atoms with Crippen LogP contribution >= 0.6 is 11.6 Å². The Bertz CT molecular complexity index is 231. The van der Waals surface area contributed by atoms with E-state index in [1.54, 1.807) is 0 Å². The Hall–Kier alpha value is -0.530. The van der Waals surface area contributed by atoms with E-state index >= 15 is 0 Å². The third-order valence-corrected chi connectivity index (χ3v) is 2.27. The van der Waals surface area contributed by atoms with Crippen molar-refractivity contribution in [3.63, 3.8) is 0 Å². The minimum atomic E-state index is 0.696. The molecule has 0 aliphatic heterocycles. The van der Waals surface area contributed by atoms with E-state index in [0.717, 1.165) is 11.0 Å². The largest absolute Gasteiger partial charge is 0.295 e. The van der Waals surface area contributed by atoms with Gasteiger partial charge in [-0.15, -0.1) is 11.6 Å². The Morgan fingerprint density at radius 1 is 1.17 bits per heavy atom. The zero-order valence-electron chi connectivity index (χ0n) is 7.63. The number of alkyl halides is 1. The molecule has 1 aromatic carbocycles. The van der Waals surface area contributed by atoms with Gasteiger partial charge < -0.3 is 0 Å². The second-order valence-corrected chi connectivity index (χ2v) is 3.81. The number of halogens is 1. The van der Waals surface area contributed by atoms with Gasteiger partial charge >= 0.3 is 0 Å². The number of hydrogen-bond acceptors (Lipinski definition) is 0. The van der Waals surface area contributed by atoms with Gasteiger partial charge in [-0.1, -0.05) is 18.2 Å². The molecule has 0 aliphatic rings. The summed E-state index contributed by atoms with van der Waals surface area (Å²) in [5.41, 5.74) is 1.30. The smallest absolute Gasteiger partial charge is 0.132 e. The molecule has 0 N–H and O–H groups in total. The van der Waals surface area contributed by atoms with Crippen LogP contribution in [0, 0.1) is 0 Å². The molecule has 1 aromatic rings. The number of rotatable bonds is 3. The van der Waals surface area contributed by atoms with Crippen molar-refractivity contribution in [1.29, 1.82) is 0 Å². The molecule has 0 heterocycles. The number of quaternary nitrogens is 1. The van der Waals surface area contributed by atoms with Crippen LogP contribution in [0.1, 0.15) is 0 Å². The van der Waals surface area contributed by atoms with Gasteiger partial charge in [0.2, 0.25) is 0 Å². The molecule has 1 rings (SSSR count). The van der Waals surface area contributed by atoms with Crippen molar-refractivity contribution in [2.75, 3.05) is 26.5 Å². The van der Waals surface area contributed by atoms with Crippen LogP contribution in [0.3, 0.4) is 0 Å². The fourth-order valence-corrected chi connectivity index (χ4v) is 1.59. The van der Waals surface area contributed by atoms with E-state index in [2.05, 4.69) is 38.4 Å². The van der Waals surface area contributed by atoms with Gasteiger partial charge in [0.25, 0.3) is 0 Å². The fourth-order valence-electron chi connectivity index (χ4n) is 1.17. The van der Waals surface area contributed by atoms with Crippen LogP contribution in [0.2, 0.25) is 0 Å². The van der Waals surface area contributed by atoms with Crippen LogP contribution in [-0.4, -0.2) is 26.5 Å². The van der Waals surface area contributed by atoms with Gasteiger partial charge in [0.05, 0.1) is 26.5 Å². The quantitative estimate of drug-likeness (QED) is 0.500. The van der Waals surface area contributed by atoms with Crippen LogP contribution in [-0.2, 0) is 0 Å². The molecule has 0 bridgehead atoms. The van der Waals surface area contributed by atoms with E-state index in [1.165, 1.54) is 5.69 Å². The molecule has 0 fully saturated rings. The minimum Gasteiger partial charge on any atom is -0.295 e. The summed E-state index contributed by atoms with van der Waals surface area (Å²) in [6, 6.07) is 10.4. The van der Waals surface area contributed by atoms with E-state index in [4.69, 9.17) is 11.6 Å². The lowest BCUT2D eigenvalue weighted by molar-refractivity contribution is 0.423. The van der Waals surface area contributed by atoms with E-state index < -0.39 is 0 Å². The maximum atomic E-state index is 5.72. The summed E-state index contributed by atoms with van der Waals surface area (Å²) in [4.78, 5) is 0. The molecule has 66 valence electrons. The highest BCUT2D eigenvalue weighted by molar-refractivity contribution is 6.18. The summed E-state index contributed by atoms with van der Waals surface area (Å²) in [5, 5.41) is 0. The Kier molecular flexibility index (Phi) is 3.12. The second-order valence-electron chi connectivity index (χ2n) is 3.43. The monoisotopic (exact) mass is 184 g/mol. The third-order valence-electron chi connectivity index (χ3n) is 2.10. The number of para-hydroxylation sites is 1. The summed E-state index contributed by atoms with van der Waals surface area (Å²) in [5.74, 6) is 0.696. The summed E-state index contributed by atoms with van der Waals surface area (Å²) < 4.78 is 0.852. The summed E-state index contributed by atoms with van der Waals surface area (Å²) in [6.07, 6.45) is 0. The van der Waals surface area contributed by atoms with Gasteiger partial charge in [0, 0.05) is 0 Å². The van der Waals surface area contributed by atoms with Gasteiger partial charge in [-0.25, -0.2) is 0 Å². The van der Waals surface area contributed by atoms with E-state index in [9.17, 15) is 0 Å². The lowest BCUT2D eigenvalue weighted by Gasteiger charge is -2.28. The van der Waals surface area contributed by atoms with Gasteiger partial charge in [0.15, 0.2) is 0 Å². The van der Waals surface area contributed by atoms with E-state index in [0.29, 0.717) is 5.88 Å². The SMILES string of the molecule is C[N+](C)(CCCl)c1ccccc1. The maximum Gasteiger partial charge on any atom is 0.132 e. The highest BCUT2D eigenvalue weighted by Gasteiger charge is 2.16. The van der Waals surface area contributed by atoms with Gasteiger partial charge in [0.1, 0.15) is 5.69 Å². The van der Waals surface area contributed by atoms with E-state index in [1.807, 2.05) is 6.07 Å². The Balaban J connectivity index is 2.82. The third kappa shape index (κ3) is 2.23. The molecule has 0 radical (unpaired) electrons. The lowest BCUT2D eigenvalue weighted by Crippen LogP contribution is -2.41. The van der Waals surface area contributed by atoms with Gasteiger partial charge in [-0.05, 0) is 12.1 Å². The van der Waals surface area contributed by atoms with Gasteiger partial charge in [-0.3, -0.25) is 4.48 Å². The Labute approximate surface area is 79.2 Å². The number of benzene rings is 1. The molecule has 0 amide bonds. The lowest BCUT2D eigenvalue weighted by atomic mass is 10.2. The zero-order chi connectivity index (χ0) is 9.03. The average molecular weight is 185 g/mol. The highest BCUT2D eigenvalue weighted by atomic mass is 35.5. The van der Waals surface area contributed by atoms with Crippen molar-refractivity contribution in [3.05, 3.63) is 30.3 Å². The standard InChI is InChI=1S/C10H15ClN/c1-12(2,9-8-11)10-6-4-3-5-7-10/h3-7H,8-9H2,1-2H3/q+1. The predicted molar refractivity (Wildman–Crippen MR) is 55.7 cm³/mol. The summed E-state index contributed by atoms with van der Waals surface area (Å²) >= 11 is 5.72. The van der Waals surface area contributed by atoms with Crippen molar-refractivity contribution in [2.45, 2.75) is 0 Å². The van der Waals surface area contributed by atoms with Crippen molar-refractivity contribution >= 4 is 17.3 Å². The van der Waals surface area contributed by atoms with Crippen molar-refractivity contribution in [2.24, 2.45) is 0 Å². The molecule has 2 heteroatoms. The summed E-state index contributed by atoms with van der Waals surface area (Å²) in [6.45, 7) is 0.964. The molecule has 0 saturated carbocycles. The second kappa shape index (κ2) is 3.92. The van der Waals surface area contributed by atoms with Crippen LogP contribution < -0.4 is 4.48 Å². The first-order valence-electron chi connectivity index (χ1n) is 4.11. The molecule has 0 aliphatic carbocycles. The summed E-state index contributed by atoms with van der Waals surface area (Å²) in [7, 11) is 4.33. The van der Waals surface area contributed by atoms with E-state index in [-0.39, 0.29) is 0 Å². The molecule has 0 unspecified atom stereocenters. The molecular weight excluding hydrogens is 170 g/mol. The molecular formula is C10H15ClN+. The normalized spacial score (nSPS) is 11.6. The molecule has 0 aromatic heterocycles. The number of hydrogen-bond donors (Lipinski definition) is 0. The first-order chi connectivity index (χ1) is 5.67. The fraction of sp³-hybridized carbons (Fsp3) is 0.400. The first-order valence-corrected chi connectivity index (χ1v) is 4.65. The molecule has 0 saturated heterocycles.